The Morgan fingerprint density at radius 2 is 2.38 bits per heavy atom. The van der Waals surface area contributed by atoms with Gasteiger partial charge in [-0.15, -0.1) is 0 Å². The summed E-state index contributed by atoms with van der Waals surface area (Å²) in [7, 11) is -2.69. The second-order valence-electron chi connectivity index (χ2n) is 3.12. The standard InChI is InChI=1S/C7H15O5P/c1-6-3-4-11-7(6)5-12-13(8,9)10-2/h6-7H,3-5H2,1-2H3,(H,8,9). The predicted molar refractivity (Wildman–Crippen MR) is 46.3 cm³/mol. The summed E-state index contributed by atoms with van der Waals surface area (Å²) in [4.78, 5) is 8.93. The first-order valence-electron chi connectivity index (χ1n) is 4.20. The molecular formula is C7H15O5P. The summed E-state index contributed by atoms with van der Waals surface area (Å²) in [6.07, 6.45) is 0.882. The van der Waals surface area contributed by atoms with E-state index in [-0.39, 0.29) is 12.7 Å². The second kappa shape index (κ2) is 4.53. The SMILES string of the molecule is COP(=O)(O)OCC1OCCC1C. The summed E-state index contributed by atoms with van der Waals surface area (Å²) in [5.41, 5.74) is 0. The zero-order chi connectivity index (χ0) is 9.90. The first kappa shape index (κ1) is 11.1. The quantitative estimate of drug-likeness (QED) is 0.705. The van der Waals surface area contributed by atoms with Gasteiger partial charge in [0.1, 0.15) is 0 Å². The molecule has 1 aliphatic rings. The molecule has 0 amide bonds. The van der Waals surface area contributed by atoms with Crippen molar-refractivity contribution >= 4 is 7.82 Å². The van der Waals surface area contributed by atoms with Gasteiger partial charge >= 0.3 is 7.82 Å². The number of phosphoric acid groups is 1. The Morgan fingerprint density at radius 3 is 2.85 bits per heavy atom. The molecule has 1 rings (SSSR count). The minimum Gasteiger partial charge on any atom is -0.376 e. The lowest BCUT2D eigenvalue weighted by Gasteiger charge is -2.16. The molecule has 0 aliphatic carbocycles. The molecule has 1 aliphatic heterocycles. The molecule has 1 N–H and O–H groups in total. The Balaban J connectivity index is 2.30. The summed E-state index contributed by atoms with van der Waals surface area (Å²) in [6.45, 7) is 2.83. The fourth-order valence-electron chi connectivity index (χ4n) is 1.19. The molecule has 0 aromatic heterocycles. The summed E-state index contributed by atoms with van der Waals surface area (Å²) in [5.74, 6) is 0.372. The molecule has 1 saturated heterocycles. The highest BCUT2D eigenvalue weighted by Crippen LogP contribution is 2.42. The van der Waals surface area contributed by atoms with Crippen molar-refractivity contribution in [3.8, 4) is 0 Å². The predicted octanol–water partition coefficient (Wildman–Crippen LogP) is 1.17. The van der Waals surface area contributed by atoms with Crippen molar-refractivity contribution in [2.75, 3.05) is 20.3 Å². The van der Waals surface area contributed by atoms with Gasteiger partial charge in [0.25, 0.3) is 0 Å². The molecule has 0 aromatic rings. The van der Waals surface area contributed by atoms with E-state index >= 15 is 0 Å². The molecule has 0 spiro atoms. The van der Waals surface area contributed by atoms with Gasteiger partial charge in [0.05, 0.1) is 12.7 Å². The molecule has 13 heavy (non-hydrogen) atoms. The van der Waals surface area contributed by atoms with Crippen LogP contribution in [0.2, 0.25) is 0 Å². The van der Waals surface area contributed by atoms with Crippen LogP contribution in [0.5, 0.6) is 0 Å². The normalized spacial score (nSPS) is 33.2. The van der Waals surface area contributed by atoms with Gasteiger partial charge in [-0.25, -0.2) is 4.57 Å². The smallest absolute Gasteiger partial charge is 0.376 e. The van der Waals surface area contributed by atoms with E-state index in [0.717, 1.165) is 13.5 Å². The van der Waals surface area contributed by atoms with Crippen LogP contribution in [0.15, 0.2) is 0 Å². The van der Waals surface area contributed by atoms with Crippen LogP contribution in [-0.4, -0.2) is 31.3 Å². The van der Waals surface area contributed by atoms with Gasteiger partial charge in [0, 0.05) is 13.7 Å². The molecule has 6 heteroatoms. The third-order valence-electron chi connectivity index (χ3n) is 2.17. The van der Waals surface area contributed by atoms with Gasteiger partial charge in [0.15, 0.2) is 0 Å². The van der Waals surface area contributed by atoms with Crippen LogP contribution in [-0.2, 0) is 18.3 Å². The Hall–Kier alpha value is 0.0700. The molecule has 3 atom stereocenters. The summed E-state index contributed by atoms with van der Waals surface area (Å²) in [6, 6.07) is 0. The molecule has 5 nitrogen and oxygen atoms in total. The molecule has 1 fully saturated rings. The van der Waals surface area contributed by atoms with Gasteiger partial charge < -0.3 is 9.63 Å². The Kier molecular flexibility index (Phi) is 3.88. The van der Waals surface area contributed by atoms with E-state index in [1.807, 2.05) is 6.92 Å². The molecule has 1 heterocycles. The highest BCUT2D eigenvalue weighted by molar-refractivity contribution is 7.47. The highest BCUT2D eigenvalue weighted by atomic mass is 31.2. The summed E-state index contributed by atoms with van der Waals surface area (Å²) in [5, 5.41) is 0. The van der Waals surface area contributed by atoms with E-state index in [9.17, 15) is 4.57 Å². The maximum absolute atomic E-state index is 10.9. The maximum atomic E-state index is 10.9. The van der Waals surface area contributed by atoms with Crippen LogP contribution in [0.4, 0.5) is 0 Å². The monoisotopic (exact) mass is 210 g/mol. The molecule has 0 saturated carbocycles. The topological polar surface area (TPSA) is 65.0 Å². The summed E-state index contributed by atoms with van der Waals surface area (Å²) >= 11 is 0. The third-order valence-corrected chi connectivity index (χ3v) is 3.11. The van der Waals surface area contributed by atoms with E-state index in [1.165, 1.54) is 0 Å². The fourth-order valence-corrected chi connectivity index (χ4v) is 1.63. The molecule has 3 unspecified atom stereocenters. The molecule has 78 valence electrons. The van der Waals surface area contributed by atoms with E-state index in [2.05, 4.69) is 4.52 Å². The van der Waals surface area contributed by atoms with Gasteiger partial charge in [-0.2, -0.15) is 0 Å². The summed E-state index contributed by atoms with van der Waals surface area (Å²) < 4.78 is 25.2. The van der Waals surface area contributed by atoms with Crippen molar-refractivity contribution in [2.24, 2.45) is 5.92 Å². The van der Waals surface area contributed by atoms with Gasteiger partial charge in [-0.3, -0.25) is 9.05 Å². The maximum Gasteiger partial charge on any atom is 0.472 e. The number of rotatable bonds is 4. The lowest BCUT2D eigenvalue weighted by molar-refractivity contribution is 0.0374. The van der Waals surface area contributed by atoms with Crippen molar-refractivity contribution in [1.29, 1.82) is 0 Å². The van der Waals surface area contributed by atoms with E-state index in [4.69, 9.17) is 14.2 Å². The van der Waals surface area contributed by atoms with E-state index < -0.39 is 7.82 Å². The average molecular weight is 210 g/mol. The van der Waals surface area contributed by atoms with Crippen molar-refractivity contribution in [2.45, 2.75) is 19.4 Å². The van der Waals surface area contributed by atoms with E-state index in [0.29, 0.717) is 12.5 Å². The van der Waals surface area contributed by atoms with Crippen LogP contribution in [0.1, 0.15) is 13.3 Å². The van der Waals surface area contributed by atoms with Crippen molar-refractivity contribution < 1.29 is 23.2 Å². The highest BCUT2D eigenvalue weighted by Gasteiger charge is 2.28. The van der Waals surface area contributed by atoms with Gasteiger partial charge in [-0.05, 0) is 12.3 Å². The van der Waals surface area contributed by atoms with Gasteiger partial charge in [0.2, 0.25) is 0 Å². The zero-order valence-corrected chi connectivity index (χ0v) is 8.70. The molecule has 0 radical (unpaired) electrons. The lowest BCUT2D eigenvalue weighted by atomic mass is 10.1. The van der Waals surface area contributed by atoms with E-state index in [1.54, 1.807) is 0 Å². The number of ether oxygens (including phenoxy) is 1. The van der Waals surface area contributed by atoms with Crippen molar-refractivity contribution in [3.05, 3.63) is 0 Å². The zero-order valence-electron chi connectivity index (χ0n) is 7.80. The van der Waals surface area contributed by atoms with Crippen LogP contribution >= 0.6 is 7.82 Å². The minimum absolute atomic E-state index is 0.0874. The fraction of sp³-hybridized carbons (Fsp3) is 1.00. The van der Waals surface area contributed by atoms with Crippen molar-refractivity contribution in [3.63, 3.8) is 0 Å². The largest absolute Gasteiger partial charge is 0.472 e. The Labute approximate surface area is 77.6 Å². The number of hydrogen-bond acceptors (Lipinski definition) is 4. The molecular weight excluding hydrogens is 195 g/mol. The second-order valence-corrected chi connectivity index (χ2v) is 4.68. The molecule has 0 bridgehead atoms. The molecule has 0 aromatic carbocycles. The van der Waals surface area contributed by atoms with Crippen LogP contribution < -0.4 is 0 Å². The third kappa shape index (κ3) is 3.37. The first-order chi connectivity index (χ1) is 6.05. The first-order valence-corrected chi connectivity index (χ1v) is 5.69. The van der Waals surface area contributed by atoms with Crippen LogP contribution in [0.3, 0.4) is 0 Å². The van der Waals surface area contributed by atoms with Crippen molar-refractivity contribution in [1.82, 2.24) is 0 Å². The number of hydrogen-bond donors (Lipinski definition) is 1. The minimum atomic E-state index is -3.83. The average Bonchev–Trinajstić information content (AvgIpc) is 2.48. The Bertz CT molecular complexity index is 207. The lowest BCUT2D eigenvalue weighted by Crippen LogP contribution is -2.19. The van der Waals surface area contributed by atoms with Crippen LogP contribution in [0.25, 0.3) is 0 Å². The number of phosphoric ester groups is 1. The van der Waals surface area contributed by atoms with Crippen LogP contribution in [0, 0.1) is 5.92 Å². The Morgan fingerprint density at radius 1 is 1.69 bits per heavy atom. The van der Waals surface area contributed by atoms with Gasteiger partial charge in [-0.1, -0.05) is 6.92 Å².